The number of halogens is 1. The van der Waals surface area contributed by atoms with Crippen molar-refractivity contribution in [3.63, 3.8) is 0 Å². The van der Waals surface area contributed by atoms with E-state index in [1.807, 2.05) is 6.92 Å². The van der Waals surface area contributed by atoms with Crippen LogP contribution >= 0.6 is 0 Å². The lowest BCUT2D eigenvalue weighted by Crippen LogP contribution is -2.42. The second-order valence-electron chi connectivity index (χ2n) is 7.26. The van der Waals surface area contributed by atoms with Crippen molar-refractivity contribution in [3.8, 4) is 5.69 Å². The van der Waals surface area contributed by atoms with E-state index in [-0.39, 0.29) is 0 Å². The summed E-state index contributed by atoms with van der Waals surface area (Å²) in [6.45, 7) is 2.88. The lowest BCUT2D eigenvalue weighted by molar-refractivity contribution is -0.133. The van der Waals surface area contributed by atoms with E-state index in [4.69, 9.17) is 0 Å². The van der Waals surface area contributed by atoms with Gasteiger partial charge in [0.1, 0.15) is 24.2 Å². The van der Waals surface area contributed by atoms with E-state index in [0.29, 0.717) is 11.3 Å². The van der Waals surface area contributed by atoms with Crippen molar-refractivity contribution in [2.24, 2.45) is 0 Å². The molecule has 2 aromatic carbocycles. The Labute approximate surface area is 176 Å². The Bertz CT molecular complexity index is 1160. The molecule has 0 radical (unpaired) electrons. The molecule has 158 valence electrons. The number of hydrogen-bond donors (Lipinski definition) is 2. The zero-order valence-electron chi connectivity index (χ0n) is 16.7. The summed E-state index contributed by atoms with van der Waals surface area (Å²) in [6, 6.07) is 9.68. The molecule has 0 bridgehead atoms. The molecular weight excluding hydrogens is 405 g/mol. The fourth-order valence-corrected chi connectivity index (χ4v) is 3.43. The molecule has 0 saturated carbocycles. The number of benzene rings is 2. The average molecular weight is 423 g/mol. The molecule has 31 heavy (non-hydrogen) atoms. The molecule has 1 aromatic heterocycles. The third-order valence-corrected chi connectivity index (χ3v) is 5.07. The predicted molar refractivity (Wildman–Crippen MR) is 107 cm³/mol. The number of carbonyl (C=O) groups is 3. The molecule has 11 heteroatoms. The van der Waals surface area contributed by atoms with Gasteiger partial charge in [-0.05, 0) is 65.7 Å². The van der Waals surface area contributed by atoms with E-state index < -0.39 is 35.7 Å². The van der Waals surface area contributed by atoms with Gasteiger partial charge in [0, 0.05) is 5.69 Å². The van der Waals surface area contributed by atoms with E-state index >= 15 is 0 Å². The van der Waals surface area contributed by atoms with E-state index in [2.05, 4.69) is 26.2 Å². The Morgan fingerprint density at radius 1 is 1.19 bits per heavy atom. The molecular formula is C20H18FN7O3. The topological polar surface area (TPSA) is 122 Å². The van der Waals surface area contributed by atoms with Crippen molar-refractivity contribution < 1.29 is 18.8 Å². The summed E-state index contributed by atoms with van der Waals surface area (Å²) in [5, 5.41) is 16.3. The molecule has 10 nitrogen and oxygen atoms in total. The van der Waals surface area contributed by atoms with Crippen LogP contribution in [-0.4, -0.2) is 49.5 Å². The fraction of sp³-hybridized carbons (Fsp3) is 0.200. The number of aryl methyl sites for hydroxylation is 1. The standard InChI is InChI=1S/C20H18FN7O3/c1-12-9-15(7-8-16(12)28-11-22-25-26-28)23-17(29)10-27-18(30)20(2,24-19(27)31)13-3-5-14(21)6-4-13/h3-9,11H,10H2,1-2H3,(H,23,29)(H,24,31). The third-order valence-electron chi connectivity index (χ3n) is 5.07. The highest BCUT2D eigenvalue weighted by molar-refractivity contribution is 6.10. The van der Waals surface area contributed by atoms with Gasteiger partial charge in [0.15, 0.2) is 0 Å². The van der Waals surface area contributed by atoms with Gasteiger partial charge in [-0.2, -0.15) is 0 Å². The number of nitrogens with one attached hydrogen (secondary N) is 2. The lowest BCUT2D eigenvalue weighted by Gasteiger charge is -2.22. The van der Waals surface area contributed by atoms with Crippen LogP contribution in [0.1, 0.15) is 18.1 Å². The smallest absolute Gasteiger partial charge is 0.325 e. The van der Waals surface area contributed by atoms with Gasteiger partial charge < -0.3 is 10.6 Å². The van der Waals surface area contributed by atoms with Crippen molar-refractivity contribution >= 4 is 23.5 Å². The number of amides is 4. The highest BCUT2D eigenvalue weighted by Crippen LogP contribution is 2.29. The van der Waals surface area contributed by atoms with Crippen LogP contribution in [0, 0.1) is 12.7 Å². The van der Waals surface area contributed by atoms with E-state index in [0.717, 1.165) is 16.2 Å². The van der Waals surface area contributed by atoms with E-state index in [1.54, 1.807) is 18.2 Å². The number of imide groups is 1. The van der Waals surface area contributed by atoms with Crippen molar-refractivity contribution in [1.82, 2.24) is 30.4 Å². The summed E-state index contributed by atoms with van der Waals surface area (Å²) in [5.41, 5.74) is 1.09. The summed E-state index contributed by atoms with van der Waals surface area (Å²) in [4.78, 5) is 38.6. The molecule has 1 aliphatic rings. The van der Waals surface area contributed by atoms with Crippen LogP contribution in [0.5, 0.6) is 0 Å². The first-order chi connectivity index (χ1) is 14.8. The van der Waals surface area contributed by atoms with Crippen LogP contribution in [0.2, 0.25) is 0 Å². The number of tetrazole rings is 1. The first kappa shape index (κ1) is 20.1. The van der Waals surface area contributed by atoms with Gasteiger partial charge in [-0.3, -0.25) is 14.5 Å². The highest BCUT2D eigenvalue weighted by Gasteiger charge is 2.49. The van der Waals surface area contributed by atoms with Crippen LogP contribution in [0.15, 0.2) is 48.8 Å². The van der Waals surface area contributed by atoms with E-state index in [9.17, 15) is 18.8 Å². The number of carbonyl (C=O) groups excluding carboxylic acids is 3. The Balaban J connectivity index is 1.46. The lowest BCUT2D eigenvalue weighted by atomic mass is 9.92. The van der Waals surface area contributed by atoms with Gasteiger partial charge in [-0.15, -0.1) is 5.10 Å². The number of anilines is 1. The van der Waals surface area contributed by atoms with Crippen molar-refractivity contribution in [3.05, 3.63) is 65.7 Å². The van der Waals surface area contributed by atoms with Crippen molar-refractivity contribution in [1.29, 1.82) is 0 Å². The fourth-order valence-electron chi connectivity index (χ4n) is 3.43. The number of urea groups is 1. The molecule has 3 aromatic rings. The number of hydrogen-bond acceptors (Lipinski definition) is 6. The predicted octanol–water partition coefficient (Wildman–Crippen LogP) is 1.52. The quantitative estimate of drug-likeness (QED) is 0.600. The third kappa shape index (κ3) is 3.72. The summed E-state index contributed by atoms with van der Waals surface area (Å²) in [7, 11) is 0. The minimum absolute atomic E-state index is 0.420. The SMILES string of the molecule is Cc1cc(NC(=O)CN2C(=O)NC(C)(c3ccc(F)cc3)C2=O)ccc1-n1cnnn1. The Hall–Kier alpha value is -4.15. The molecule has 1 saturated heterocycles. The number of rotatable bonds is 5. The summed E-state index contributed by atoms with van der Waals surface area (Å²) in [5.74, 6) is -1.59. The average Bonchev–Trinajstić information content (AvgIpc) is 3.32. The maximum Gasteiger partial charge on any atom is 0.325 e. The maximum absolute atomic E-state index is 13.2. The zero-order valence-corrected chi connectivity index (χ0v) is 16.7. The van der Waals surface area contributed by atoms with Crippen LogP contribution in [0.4, 0.5) is 14.9 Å². The second kappa shape index (κ2) is 7.59. The van der Waals surface area contributed by atoms with Gasteiger partial charge in [0.25, 0.3) is 5.91 Å². The van der Waals surface area contributed by atoms with Crippen LogP contribution in [0.3, 0.4) is 0 Å². The van der Waals surface area contributed by atoms with Gasteiger partial charge in [0.05, 0.1) is 5.69 Å². The minimum atomic E-state index is -1.38. The Morgan fingerprint density at radius 2 is 1.94 bits per heavy atom. The number of nitrogens with zero attached hydrogens (tertiary/aromatic N) is 5. The number of aromatic nitrogens is 4. The Kier molecular flexibility index (Phi) is 4.93. The molecule has 1 atom stereocenters. The molecule has 2 N–H and O–H groups in total. The Morgan fingerprint density at radius 3 is 2.58 bits per heavy atom. The van der Waals surface area contributed by atoms with Crippen LogP contribution < -0.4 is 10.6 Å². The first-order valence-corrected chi connectivity index (χ1v) is 9.32. The summed E-state index contributed by atoms with van der Waals surface area (Å²) < 4.78 is 14.7. The molecule has 0 spiro atoms. The minimum Gasteiger partial charge on any atom is -0.325 e. The van der Waals surface area contributed by atoms with Crippen molar-refractivity contribution in [2.45, 2.75) is 19.4 Å². The molecule has 0 aliphatic carbocycles. The normalized spacial score (nSPS) is 18.2. The van der Waals surface area contributed by atoms with Gasteiger partial charge in [-0.1, -0.05) is 12.1 Å². The molecule has 1 aliphatic heterocycles. The first-order valence-electron chi connectivity index (χ1n) is 9.32. The molecule has 4 rings (SSSR count). The molecule has 1 fully saturated rings. The second-order valence-corrected chi connectivity index (χ2v) is 7.26. The molecule has 4 amide bonds. The molecule has 1 unspecified atom stereocenters. The molecule has 2 heterocycles. The van der Waals surface area contributed by atoms with E-state index in [1.165, 1.54) is 42.2 Å². The van der Waals surface area contributed by atoms with Crippen LogP contribution in [-0.2, 0) is 15.1 Å². The monoisotopic (exact) mass is 423 g/mol. The highest BCUT2D eigenvalue weighted by atomic mass is 19.1. The summed E-state index contributed by atoms with van der Waals surface area (Å²) >= 11 is 0. The largest absolute Gasteiger partial charge is 0.325 e. The zero-order chi connectivity index (χ0) is 22.2. The van der Waals surface area contributed by atoms with Gasteiger partial charge in [0.2, 0.25) is 5.91 Å². The maximum atomic E-state index is 13.2. The van der Waals surface area contributed by atoms with Crippen LogP contribution in [0.25, 0.3) is 5.69 Å². The summed E-state index contributed by atoms with van der Waals surface area (Å²) in [6.07, 6.45) is 1.45. The van der Waals surface area contributed by atoms with Crippen molar-refractivity contribution in [2.75, 3.05) is 11.9 Å². The van der Waals surface area contributed by atoms with Gasteiger partial charge in [-0.25, -0.2) is 13.9 Å². The van der Waals surface area contributed by atoms with Gasteiger partial charge >= 0.3 is 6.03 Å².